The van der Waals surface area contributed by atoms with Gasteiger partial charge in [0.05, 0.1) is 17.1 Å². The van der Waals surface area contributed by atoms with Crippen LogP contribution in [0.4, 0.5) is 5.69 Å². The molecule has 0 bridgehead atoms. The van der Waals surface area contributed by atoms with Crippen LogP contribution >= 0.6 is 11.6 Å². The van der Waals surface area contributed by atoms with Gasteiger partial charge in [0.25, 0.3) is 10.1 Å². The normalized spacial score (nSPS) is 11.3. The van der Waals surface area contributed by atoms with Crippen LogP contribution in [-0.2, 0) is 16.7 Å². The molecular formula is C13H13ClN2O3S. The molecule has 0 aliphatic heterocycles. The average Bonchev–Trinajstić information content (AvgIpc) is 2.38. The third kappa shape index (κ3) is 3.71. The van der Waals surface area contributed by atoms with E-state index in [1.807, 2.05) is 0 Å². The molecule has 5 nitrogen and oxygen atoms in total. The lowest BCUT2D eigenvalue weighted by atomic mass is 10.2. The Morgan fingerprint density at radius 3 is 2.40 bits per heavy atom. The molecular weight excluding hydrogens is 300 g/mol. The van der Waals surface area contributed by atoms with E-state index < -0.39 is 10.1 Å². The Labute approximate surface area is 122 Å². The second-order valence-corrected chi connectivity index (χ2v) is 6.08. The first-order valence-electron chi connectivity index (χ1n) is 5.70. The van der Waals surface area contributed by atoms with Crippen molar-refractivity contribution in [3.63, 3.8) is 0 Å². The van der Waals surface area contributed by atoms with Gasteiger partial charge in [0, 0.05) is 5.02 Å². The zero-order valence-electron chi connectivity index (χ0n) is 10.4. The van der Waals surface area contributed by atoms with Crippen LogP contribution < -0.4 is 10.9 Å². The minimum absolute atomic E-state index is 0.153. The number of hydrogen-bond donors (Lipinski definition) is 2. The lowest BCUT2D eigenvalue weighted by Gasteiger charge is -2.19. The number of benzene rings is 2. The van der Waals surface area contributed by atoms with Gasteiger partial charge in [0.1, 0.15) is 0 Å². The fraction of sp³-hybridized carbons (Fsp3) is 0.0769. The van der Waals surface area contributed by atoms with E-state index in [-0.39, 0.29) is 4.90 Å². The number of anilines is 1. The minimum atomic E-state index is -4.21. The highest BCUT2D eigenvalue weighted by Gasteiger charge is 2.10. The van der Waals surface area contributed by atoms with Gasteiger partial charge in [0.2, 0.25) is 0 Å². The van der Waals surface area contributed by atoms with Gasteiger partial charge in [0.15, 0.2) is 0 Å². The number of halogens is 1. The first-order valence-corrected chi connectivity index (χ1v) is 7.52. The van der Waals surface area contributed by atoms with Crippen LogP contribution in [0.5, 0.6) is 0 Å². The maximum atomic E-state index is 11.1. The van der Waals surface area contributed by atoms with E-state index in [9.17, 15) is 8.42 Å². The predicted octanol–water partition coefficient (Wildman–Crippen LogP) is 2.47. The predicted molar refractivity (Wildman–Crippen MR) is 78.1 cm³/mol. The molecule has 3 N–H and O–H groups in total. The summed E-state index contributed by atoms with van der Waals surface area (Å²) in [7, 11) is -4.21. The zero-order chi connectivity index (χ0) is 14.8. The highest BCUT2D eigenvalue weighted by Crippen LogP contribution is 2.18. The molecule has 0 saturated carbocycles. The van der Waals surface area contributed by atoms with Crippen LogP contribution in [0.25, 0.3) is 0 Å². The zero-order valence-corrected chi connectivity index (χ0v) is 12.0. The summed E-state index contributed by atoms with van der Waals surface area (Å²) in [5, 5.41) is 2.06. The van der Waals surface area contributed by atoms with Gasteiger partial charge in [-0.1, -0.05) is 23.7 Å². The quantitative estimate of drug-likeness (QED) is 0.515. The number of rotatable bonds is 4. The van der Waals surface area contributed by atoms with Gasteiger partial charge in [-0.25, -0.2) is 5.84 Å². The van der Waals surface area contributed by atoms with Crippen molar-refractivity contribution in [3.05, 3.63) is 59.1 Å². The SMILES string of the molecule is NN(Cc1cccc(S(=O)(=O)O)c1)c1ccc(Cl)cc1. The van der Waals surface area contributed by atoms with Crippen molar-refractivity contribution in [3.8, 4) is 0 Å². The van der Waals surface area contributed by atoms with Crippen LogP contribution in [0.15, 0.2) is 53.4 Å². The Morgan fingerprint density at radius 1 is 1.15 bits per heavy atom. The lowest BCUT2D eigenvalue weighted by molar-refractivity contribution is 0.483. The molecule has 0 aliphatic carbocycles. The molecule has 0 radical (unpaired) electrons. The summed E-state index contributed by atoms with van der Waals surface area (Å²) in [6, 6.07) is 12.9. The summed E-state index contributed by atoms with van der Waals surface area (Å²) in [5.74, 6) is 5.91. The molecule has 7 heteroatoms. The van der Waals surface area contributed by atoms with E-state index in [2.05, 4.69) is 0 Å². The molecule has 0 spiro atoms. The maximum absolute atomic E-state index is 11.1. The maximum Gasteiger partial charge on any atom is 0.294 e. The second-order valence-electron chi connectivity index (χ2n) is 4.23. The minimum Gasteiger partial charge on any atom is -0.307 e. The molecule has 20 heavy (non-hydrogen) atoms. The molecule has 2 aromatic rings. The molecule has 0 fully saturated rings. The van der Waals surface area contributed by atoms with Crippen molar-refractivity contribution in [1.29, 1.82) is 0 Å². The number of nitrogens with zero attached hydrogens (tertiary/aromatic N) is 1. The fourth-order valence-electron chi connectivity index (χ4n) is 1.72. The van der Waals surface area contributed by atoms with Crippen LogP contribution in [0, 0.1) is 0 Å². The number of hydrazine groups is 1. The fourth-order valence-corrected chi connectivity index (χ4v) is 2.40. The summed E-state index contributed by atoms with van der Waals surface area (Å²) in [5.41, 5.74) is 1.41. The molecule has 0 atom stereocenters. The van der Waals surface area contributed by atoms with Gasteiger partial charge in [-0.3, -0.25) is 4.55 Å². The Kier molecular flexibility index (Phi) is 4.29. The summed E-state index contributed by atoms with van der Waals surface area (Å²) in [6.07, 6.45) is 0. The summed E-state index contributed by atoms with van der Waals surface area (Å²) < 4.78 is 31.2. The molecule has 0 aliphatic rings. The van der Waals surface area contributed by atoms with Gasteiger partial charge < -0.3 is 5.01 Å². The van der Waals surface area contributed by atoms with Crippen molar-refractivity contribution in [2.24, 2.45) is 5.84 Å². The summed E-state index contributed by atoms with van der Waals surface area (Å²) in [4.78, 5) is -0.153. The Balaban J connectivity index is 2.20. The Hall–Kier alpha value is -1.60. The largest absolute Gasteiger partial charge is 0.307 e. The van der Waals surface area contributed by atoms with E-state index in [4.69, 9.17) is 22.0 Å². The standard InChI is InChI=1S/C13H13ClN2O3S/c14-11-4-6-12(7-5-11)16(15)9-10-2-1-3-13(8-10)20(17,18)19/h1-8H,9,15H2,(H,17,18,19). The van der Waals surface area contributed by atoms with E-state index in [1.54, 1.807) is 36.4 Å². The molecule has 106 valence electrons. The molecule has 0 saturated heterocycles. The van der Waals surface area contributed by atoms with Crippen LogP contribution in [-0.4, -0.2) is 13.0 Å². The van der Waals surface area contributed by atoms with E-state index >= 15 is 0 Å². The Morgan fingerprint density at radius 2 is 1.80 bits per heavy atom. The van der Waals surface area contributed by atoms with E-state index in [0.717, 1.165) is 5.69 Å². The first kappa shape index (κ1) is 14.8. The third-order valence-corrected chi connectivity index (χ3v) is 3.81. The van der Waals surface area contributed by atoms with E-state index in [1.165, 1.54) is 17.1 Å². The third-order valence-electron chi connectivity index (χ3n) is 2.71. The van der Waals surface area contributed by atoms with Crippen molar-refractivity contribution >= 4 is 27.4 Å². The van der Waals surface area contributed by atoms with Gasteiger partial charge in [-0.15, -0.1) is 0 Å². The number of nitrogens with two attached hydrogens (primary N) is 1. The van der Waals surface area contributed by atoms with Crippen LogP contribution in [0.2, 0.25) is 5.02 Å². The second kappa shape index (κ2) is 5.80. The Bertz CT molecular complexity index is 702. The molecule has 0 amide bonds. The molecule has 2 aromatic carbocycles. The molecule has 0 unspecified atom stereocenters. The first-order chi connectivity index (χ1) is 9.36. The van der Waals surface area contributed by atoms with E-state index in [0.29, 0.717) is 17.1 Å². The summed E-state index contributed by atoms with van der Waals surface area (Å²) in [6.45, 7) is 0.297. The lowest BCUT2D eigenvalue weighted by Crippen LogP contribution is -2.30. The topological polar surface area (TPSA) is 83.6 Å². The molecule has 0 aromatic heterocycles. The smallest absolute Gasteiger partial charge is 0.294 e. The van der Waals surface area contributed by atoms with Crippen molar-refractivity contribution < 1.29 is 13.0 Å². The number of hydrogen-bond acceptors (Lipinski definition) is 4. The average molecular weight is 313 g/mol. The monoisotopic (exact) mass is 312 g/mol. The van der Waals surface area contributed by atoms with Gasteiger partial charge in [-0.2, -0.15) is 8.42 Å². The van der Waals surface area contributed by atoms with Gasteiger partial charge in [-0.05, 0) is 42.0 Å². The summed E-state index contributed by atoms with van der Waals surface area (Å²) >= 11 is 5.79. The van der Waals surface area contributed by atoms with Crippen LogP contribution in [0.3, 0.4) is 0 Å². The van der Waals surface area contributed by atoms with Gasteiger partial charge >= 0.3 is 0 Å². The van der Waals surface area contributed by atoms with Crippen LogP contribution in [0.1, 0.15) is 5.56 Å². The van der Waals surface area contributed by atoms with Crippen molar-refractivity contribution in [1.82, 2.24) is 0 Å². The highest BCUT2D eigenvalue weighted by atomic mass is 35.5. The molecule has 0 heterocycles. The highest BCUT2D eigenvalue weighted by molar-refractivity contribution is 7.85. The van der Waals surface area contributed by atoms with Crippen molar-refractivity contribution in [2.45, 2.75) is 11.4 Å². The van der Waals surface area contributed by atoms with Crippen molar-refractivity contribution in [2.75, 3.05) is 5.01 Å². The molecule has 2 rings (SSSR count).